The number of hydrogen-bond donors (Lipinski definition) is 0. The number of rotatable bonds is 3. The lowest BCUT2D eigenvalue weighted by Crippen LogP contribution is -2.56. The summed E-state index contributed by atoms with van der Waals surface area (Å²) >= 11 is 10.9. The first-order valence-corrected chi connectivity index (χ1v) is 10.7. The molecule has 0 aliphatic heterocycles. The molecule has 0 bridgehead atoms. The lowest BCUT2D eigenvalue weighted by Gasteiger charge is -2.22. The molecular formula is C14Cl2F12Si. The van der Waals surface area contributed by atoms with Crippen LogP contribution in [0, 0.1) is 52.4 Å². The Balaban J connectivity index is 2.99. The summed E-state index contributed by atoms with van der Waals surface area (Å²) in [6.07, 6.45) is -3.39. The third kappa shape index (κ3) is 3.48. The predicted octanol–water partition coefficient (Wildman–Crippen LogP) is 5.51. The van der Waals surface area contributed by atoms with Crippen molar-refractivity contribution in [2.45, 2.75) is 0 Å². The Morgan fingerprint density at radius 3 is 1.07 bits per heavy atom. The molecule has 0 fully saturated rings. The average Bonchev–Trinajstić information content (AvgIpc) is 2.63. The number of benzene rings is 2. The van der Waals surface area contributed by atoms with Gasteiger partial charge in [0.1, 0.15) is 0 Å². The van der Waals surface area contributed by atoms with E-state index in [-0.39, 0.29) is 0 Å². The molecule has 0 aromatic heterocycles. The summed E-state index contributed by atoms with van der Waals surface area (Å²) in [4.78, 5) is 0. The van der Waals surface area contributed by atoms with E-state index in [1.54, 1.807) is 0 Å². The highest BCUT2D eigenvalue weighted by Gasteiger charge is 2.49. The van der Waals surface area contributed by atoms with E-state index in [2.05, 4.69) is 0 Å². The lowest BCUT2D eigenvalue weighted by molar-refractivity contribution is 0.384. The maximum absolute atomic E-state index is 14.2. The van der Waals surface area contributed by atoms with Crippen molar-refractivity contribution in [3.63, 3.8) is 0 Å². The monoisotopic (exact) mass is 494 g/mol. The minimum Gasteiger partial charge on any atom is -0.204 e. The molecule has 158 valence electrons. The summed E-state index contributed by atoms with van der Waals surface area (Å²) in [7, 11) is 0. The first-order chi connectivity index (χ1) is 13.2. The van der Waals surface area contributed by atoms with E-state index >= 15 is 0 Å². The standard InChI is InChI=1S/C14Cl2F12Si/c15-29(16,13-10(25)6(21)5(20)7(22)11(13)26)12-8(23)2(17)1(3(18)9(12)24)4(19)14(27)28. The van der Waals surface area contributed by atoms with Gasteiger partial charge in [-0.1, -0.05) is 0 Å². The summed E-state index contributed by atoms with van der Waals surface area (Å²) in [6.45, 7) is -5.88. The molecule has 0 saturated heterocycles. The van der Waals surface area contributed by atoms with Gasteiger partial charge in [-0.3, -0.25) is 0 Å². The van der Waals surface area contributed by atoms with E-state index in [1.165, 1.54) is 0 Å². The quantitative estimate of drug-likeness (QED) is 0.173. The van der Waals surface area contributed by atoms with Gasteiger partial charge in [0.15, 0.2) is 46.5 Å². The molecule has 0 aliphatic rings. The van der Waals surface area contributed by atoms with Crippen LogP contribution < -0.4 is 10.4 Å². The molecule has 0 heterocycles. The normalized spacial score (nSPS) is 11.8. The first kappa shape index (κ1) is 23.4. The van der Waals surface area contributed by atoms with E-state index in [0.29, 0.717) is 0 Å². The molecule has 0 N–H and O–H groups in total. The molecule has 0 atom stereocenters. The van der Waals surface area contributed by atoms with Crippen LogP contribution in [0.15, 0.2) is 6.08 Å². The van der Waals surface area contributed by atoms with Crippen LogP contribution in [0.1, 0.15) is 5.56 Å². The van der Waals surface area contributed by atoms with Gasteiger partial charge in [0.05, 0.1) is 15.9 Å². The van der Waals surface area contributed by atoms with Crippen molar-refractivity contribution in [3.05, 3.63) is 64.0 Å². The van der Waals surface area contributed by atoms with E-state index in [0.717, 1.165) is 0 Å². The lowest BCUT2D eigenvalue weighted by atomic mass is 10.1. The fraction of sp³-hybridized carbons (Fsp3) is 0. The van der Waals surface area contributed by atoms with Gasteiger partial charge in [-0.15, -0.1) is 22.2 Å². The zero-order valence-corrected chi connectivity index (χ0v) is 15.3. The van der Waals surface area contributed by atoms with Crippen molar-refractivity contribution in [2.24, 2.45) is 0 Å². The number of hydrogen-bond acceptors (Lipinski definition) is 0. The summed E-state index contributed by atoms with van der Waals surface area (Å²) < 4.78 is 161. The van der Waals surface area contributed by atoms with Crippen LogP contribution in [0.25, 0.3) is 5.83 Å². The van der Waals surface area contributed by atoms with Crippen LogP contribution in [-0.2, 0) is 0 Å². The van der Waals surface area contributed by atoms with Crippen molar-refractivity contribution in [1.82, 2.24) is 0 Å². The Morgan fingerprint density at radius 1 is 0.483 bits per heavy atom. The molecule has 2 rings (SSSR count). The summed E-state index contributed by atoms with van der Waals surface area (Å²) in [6, 6.07) is 0. The third-order valence-electron chi connectivity index (χ3n) is 3.49. The van der Waals surface area contributed by atoms with Gasteiger partial charge < -0.3 is 0 Å². The molecule has 2 aromatic carbocycles. The van der Waals surface area contributed by atoms with Crippen molar-refractivity contribution < 1.29 is 52.7 Å². The van der Waals surface area contributed by atoms with Crippen LogP contribution in [0.2, 0.25) is 0 Å². The Bertz CT molecular complexity index is 1000. The Hall–Kier alpha value is -1.86. The maximum Gasteiger partial charge on any atom is 0.322 e. The first-order valence-electron chi connectivity index (χ1n) is 6.65. The van der Waals surface area contributed by atoms with Crippen molar-refractivity contribution >= 4 is 45.1 Å². The second-order valence-corrected chi connectivity index (χ2v) is 11.2. The highest BCUT2D eigenvalue weighted by Crippen LogP contribution is 2.33. The molecular weight excluding hydrogens is 495 g/mol. The fourth-order valence-corrected chi connectivity index (χ4v) is 5.98. The van der Waals surface area contributed by atoms with Gasteiger partial charge in [-0.05, 0) is 0 Å². The molecule has 15 heteroatoms. The highest BCUT2D eigenvalue weighted by molar-refractivity contribution is 7.56. The van der Waals surface area contributed by atoms with E-state index in [1.807, 2.05) is 0 Å². The molecule has 0 spiro atoms. The van der Waals surface area contributed by atoms with Gasteiger partial charge in [0.2, 0.25) is 11.6 Å². The smallest absolute Gasteiger partial charge is 0.204 e. The maximum atomic E-state index is 14.2. The third-order valence-corrected chi connectivity index (χ3v) is 7.89. The van der Waals surface area contributed by atoms with Crippen LogP contribution in [-0.4, -0.2) is 6.69 Å². The molecule has 2 aromatic rings. The fourth-order valence-electron chi connectivity index (χ4n) is 2.20. The Kier molecular flexibility index (Phi) is 6.26. The van der Waals surface area contributed by atoms with Crippen LogP contribution >= 0.6 is 22.2 Å². The average molecular weight is 495 g/mol. The molecule has 0 aliphatic carbocycles. The highest BCUT2D eigenvalue weighted by atomic mass is 35.7. The van der Waals surface area contributed by atoms with Crippen molar-refractivity contribution in [1.29, 1.82) is 0 Å². The number of halogens is 14. The van der Waals surface area contributed by atoms with E-state index in [9.17, 15) is 52.7 Å². The summed E-state index contributed by atoms with van der Waals surface area (Å²) in [5.74, 6) is -27.8. The van der Waals surface area contributed by atoms with Gasteiger partial charge in [-0.25, -0.2) is 43.9 Å². The molecule has 0 unspecified atom stereocenters. The largest absolute Gasteiger partial charge is 0.322 e. The summed E-state index contributed by atoms with van der Waals surface area (Å²) in [5, 5.41) is -4.45. The van der Waals surface area contributed by atoms with Crippen LogP contribution in [0.5, 0.6) is 0 Å². The molecule has 0 nitrogen and oxygen atoms in total. The molecule has 29 heavy (non-hydrogen) atoms. The zero-order chi connectivity index (χ0) is 22.6. The zero-order valence-electron chi connectivity index (χ0n) is 12.8. The van der Waals surface area contributed by atoms with Crippen molar-refractivity contribution in [2.75, 3.05) is 0 Å². The second kappa shape index (κ2) is 7.76. The Morgan fingerprint density at radius 2 is 0.759 bits per heavy atom. The molecule has 0 saturated carbocycles. The Labute approximate surface area is 162 Å². The van der Waals surface area contributed by atoms with E-state index in [4.69, 9.17) is 22.2 Å². The molecule has 0 radical (unpaired) electrons. The van der Waals surface area contributed by atoms with E-state index < -0.39 is 86.9 Å². The van der Waals surface area contributed by atoms with Gasteiger partial charge in [0.25, 0.3) is 0 Å². The second-order valence-electron chi connectivity index (χ2n) is 5.10. The minimum absolute atomic E-state index is 2.20. The van der Waals surface area contributed by atoms with Gasteiger partial charge in [-0.2, -0.15) is 8.78 Å². The summed E-state index contributed by atoms with van der Waals surface area (Å²) in [5.41, 5.74) is -2.54. The topological polar surface area (TPSA) is 0 Å². The van der Waals surface area contributed by atoms with Gasteiger partial charge in [0, 0.05) is 0 Å². The minimum atomic E-state index is -5.88. The van der Waals surface area contributed by atoms with Crippen molar-refractivity contribution in [3.8, 4) is 0 Å². The van der Waals surface area contributed by atoms with Gasteiger partial charge >= 0.3 is 12.8 Å². The predicted molar refractivity (Wildman–Crippen MR) is 79.5 cm³/mol. The van der Waals surface area contributed by atoms with Crippen LogP contribution in [0.4, 0.5) is 52.7 Å². The SMILES string of the molecule is FC(F)=C(F)c1c(F)c(F)c([Si](Cl)(Cl)c2c(F)c(F)c(F)c(F)c2F)c(F)c1F. The van der Waals surface area contributed by atoms with Crippen LogP contribution in [0.3, 0.4) is 0 Å². The molecule has 0 amide bonds.